The van der Waals surface area contributed by atoms with E-state index < -0.39 is 0 Å². The van der Waals surface area contributed by atoms with E-state index in [1.54, 1.807) is 6.20 Å². The van der Waals surface area contributed by atoms with Crippen LogP contribution in [-0.4, -0.2) is 48.1 Å². The Kier molecular flexibility index (Phi) is 5.03. The van der Waals surface area contributed by atoms with Gasteiger partial charge in [0.05, 0.1) is 6.20 Å². The maximum Gasteiger partial charge on any atom is 0.211 e. The highest BCUT2D eigenvalue weighted by molar-refractivity contribution is 6.08. The average molecular weight is 272 g/mol. The van der Waals surface area contributed by atoms with Gasteiger partial charge in [-0.25, -0.2) is 0 Å². The van der Waals surface area contributed by atoms with Gasteiger partial charge in [-0.3, -0.25) is 9.89 Å². The van der Waals surface area contributed by atoms with Crippen molar-refractivity contribution in [1.29, 1.82) is 0 Å². The molecule has 2 aromatic rings. The van der Waals surface area contributed by atoms with Gasteiger partial charge in [0.25, 0.3) is 0 Å². The summed E-state index contributed by atoms with van der Waals surface area (Å²) in [5, 5.41) is 9.95. The third-order valence-electron chi connectivity index (χ3n) is 3.16. The van der Waals surface area contributed by atoms with Crippen molar-refractivity contribution >= 4 is 5.78 Å². The molecule has 0 atom stereocenters. The average Bonchev–Trinajstić information content (AvgIpc) is 2.93. The van der Waals surface area contributed by atoms with Gasteiger partial charge in [-0.15, -0.1) is 0 Å². The molecule has 20 heavy (non-hydrogen) atoms. The van der Waals surface area contributed by atoms with Crippen LogP contribution in [0.25, 0.3) is 0 Å². The van der Waals surface area contributed by atoms with Crippen molar-refractivity contribution in [3.05, 3.63) is 53.3 Å². The maximum absolute atomic E-state index is 12.4. The third kappa shape index (κ3) is 3.53. The lowest BCUT2D eigenvalue weighted by molar-refractivity contribution is 0.103. The molecule has 1 aromatic carbocycles. The minimum atomic E-state index is -0.0138. The smallest absolute Gasteiger partial charge is 0.211 e. The van der Waals surface area contributed by atoms with Gasteiger partial charge >= 0.3 is 0 Å². The number of nitrogens with one attached hydrogen (secondary N) is 2. The van der Waals surface area contributed by atoms with E-state index in [4.69, 9.17) is 0 Å². The Hall–Kier alpha value is -1.98. The van der Waals surface area contributed by atoms with Gasteiger partial charge in [-0.1, -0.05) is 30.3 Å². The Balaban J connectivity index is 2.10. The van der Waals surface area contributed by atoms with Crippen LogP contribution in [0.5, 0.6) is 0 Å². The van der Waals surface area contributed by atoms with Crippen LogP contribution >= 0.6 is 0 Å². The van der Waals surface area contributed by atoms with E-state index in [0.29, 0.717) is 17.8 Å². The molecule has 2 N–H and O–H groups in total. The number of nitrogens with zero attached hydrogens (tertiary/aromatic N) is 2. The highest BCUT2D eigenvalue weighted by atomic mass is 16.1. The predicted octanol–water partition coefficient (Wildman–Crippen LogP) is 1.29. The molecule has 0 spiro atoms. The molecule has 2 rings (SSSR count). The topological polar surface area (TPSA) is 61.0 Å². The van der Waals surface area contributed by atoms with Gasteiger partial charge in [-0.05, 0) is 14.1 Å². The molecule has 106 valence electrons. The first-order valence-corrected chi connectivity index (χ1v) is 6.67. The van der Waals surface area contributed by atoms with Crippen molar-refractivity contribution in [2.24, 2.45) is 0 Å². The number of carbonyl (C=O) groups excluding carboxylic acids is 1. The molecule has 0 amide bonds. The number of benzene rings is 1. The second kappa shape index (κ2) is 6.98. The van der Waals surface area contributed by atoms with Gasteiger partial charge < -0.3 is 10.2 Å². The molecule has 0 aliphatic carbocycles. The Labute approximate surface area is 119 Å². The summed E-state index contributed by atoms with van der Waals surface area (Å²) in [6, 6.07) is 9.26. The number of hydrogen-bond acceptors (Lipinski definition) is 4. The van der Waals surface area contributed by atoms with Crippen molar-refractivity contribution in [3.63, 3.8) is 0 Å². The van der Waals surface area contributed by atoms with Gasteiger partial charge in [-0.2, -0.15) is 5.10 Å². The van der Waals surface area contributed by atoms with Crippen LogP contribution in [0.3, 0.4) is 0 Å². The van der Waals surface area contributed by atoms with Crippen LogP contribution in [0.15, 0.2) is 36.5 Å². The summed E-state index contributed by atoms with van der Waals surface area (Å²) in [5.41, 5.74) is 2.18. The molecule has 1 heterocycles. The van der Waals surface area contributed by atoms with Crippen molar-refractivity contribution in [3.8, 4) is 0 Å². The number of aromatic nitrogens is 2. The van der Waals surface area contributed by atoms with Crippen LogP contribution in [0, 0.1) is 0 Å². The van der Waals surface area contributed by atoms with Crippen LogP contribution in [0.1, 0.15) is 21.6 Å². The van der Waals surface area contributed by atoms with Gasteiger partial charge in [0, 0.05) is 30.8 Å². The number of ketones is 1. The van der Waals surface area contributed by atoms with Crippen LogP contribution < -0.4 is 5.32 Å². The zero-order valence-corrected chi connectivity index (χ0v) is 11.9. The van der Waals surface area contributed by atoms with Crippen molar-refractivity contribution in [1.82, 2.24) is 20.4 Å². The Morgan fingerprint density at radius 3 is 2.80 bits per heavy atom. The summed E-state index contributed by atoms with van der Waals surface area (Å²) in [6.45, 7) is 2.53. The number of H-pyrrole nitrogens is 1. The molecule has 5 heteroatoms. The highest BCUT2D eigenvalue weighted by Gasteiger charge is 2.16. The molecule has 0 unspecified atom stereocenters. The summed E-state index contributed by atoms with van der Waals surface area (Å²) in [5.74, 6) is -0.0138. The Morgan fingerprint density at radius 2 is 2.10 bits per heavy atom. The molecule has 0 aliphatic heterocycles. The summed E-state index contributed by atoms with van der Waals surface area (Å²) >= 11 is 0. The number of likely N-dealkylation sites (N-methyl/N-ethyl adjacent to an activating group) is 2. The molecule has 0 radical (unpaired) electrons. The largest absolute Gasteiger partial charge is 0.318 e. The van der Waals surface area contributed by atoms with Gasteiger partial charge in [0.2, 0.25) is 5.78 Å². The van der Waals surface area contributed by atoms with E-state index in [1.807, 2.05) is 44.4 Å². The Morgan fingerprint density at radius 1 is 1.35 bits per heavy atom. The summed E-state index contributed by atoms with van der Waals surface area (Å²) in [4.78, 5) is 14.6. The number of hydrogen-bond donors (Lipinski definition) is 2. The third-order valence-corrected chi connectivity index (χ3v) is 3.16. The van der Waals surface area contributed by atoms with Crippen molar-refractivity contribution in [2.75, 3.05) is 27.2 Å². The van der Waals surface area contributed by atoms with E-state index >= 15 is 0 Å². The normalized spacial score (nSPS) is 10.9. The number of rotatable bonds is 7. The van der Waals surface area contributed by atoms with Crippen molar-refractivity contribution in [2.45, 2.75) is 6.54 Å². The monoisotopic (exact) mass is 272 g/mol. The fourth-order valence-corrected chi connectivity index (χ4v) is 2.03. The summed E-state index contributed by atoms with van der Waals surface area (Å²) < 4.78 is 0. The zero-order valence-electron chi connectivity index (χ0n) is 11.9. The standard InChI is InChI=1S/C15H20N4O/c1-16-8-9-19(2)11-13-10-17-18-14(13)15(20)12-6-4-3-5-7-12/h3-7,10,16H,8-9,11H2,1-2H3,(H,17,18). The van der Waals surface area contributed by atoms with Gasteiger partial charge in [0.15, 0.2) is 0 Å². The molecule has 0 fully saturated rings. The molecule has 0 saturated carbocycles. The van der Waals surface area contributed by atoms with Crippen molar-refractivity contribution < 1.29 is 4.79 Å². The predicted molar refractivity (Wildman–Crippen MR) is 78.7 cm³/mol. The van der Waals surface area contributed by atoms with E-state index in [9.17, 15) is 4.79 Å². The first kappa shape index (κ1) is 14.4. The first-order valence-electron chi connectivity index (χ1n) is 6.67. The number of carbonyl (C=O) groups is 1. The van der Waals surface area contributed by atoms with E-state index in [-0.39, 0.29) is 5.78 Å². The summed E-state index contributed by atoms with van der Waals surface area (Å²) in [6.07, 6.45) is 1.73. The molecular weight excluding hydrogens is 252 g/mol. The van der Waals surface area contributed by atoms with E-state index in [2.05, 4.69) is 20.4 Å². The minimum Gasteiger partial charge on any atom is -0.318 e. The zero-order chi connectivity index (χ0) is 14.4. The maximum atomic E-state index is 12.4. The molecule has 0 aliphatic rings. The second-order valence-corrected chi connectivity index (χ2v) is 4.81. The van der Waals surface area contributed by atoms with Crippen LogP contribution in [-0.2, 0) is 6.54 Å². The molecular formula is C15H20N4O. The first-order chi connectivity index (χ1) is 9.72. The van der Waals surface area contributed by atoms with Crippen LogP contribution in [0.4, 0.5) is 0 Å². The minimum absolute atomic E-state index is 0.0138. The highest BCUT2D eigenvalue weighted by Crippen LogP contribution is 2.13. The Bertz CT molecular complexity index is 550. The molecule has 0 bridgehead atoms. The lowest BCUT2D eigenvalue weighted by atomic mass is 10.1. The SMILES string of the molecule is CNCCN(C)Cc1cn[nH]c1C(=O)c1ccccc1. The molecule has 1 aromatic heterocycles. The lowest BCUT2D eigenvalue weighted by Gasteiger charge is -2.15. The number of aromatic amines is 1. The van der Waals surface area contributed by atoms with Crippen LogP contribution in [0.2, 0.25) is 0 Å². The second-order valence-electron chi connectivity index (χ2n) is 4.81. The van der Waals surface area contributed by atoms with Gasteiger partial charge in [0.1, 0.15) is 5.69 Å². The van der Waals surface area contributed by atoms with E-state index in [0.717, 1.165) is 18.7 Å². The molecule has 0 saturated heterocycles. The lowest BCUT2D eigenvalue weighted by Crippen LogP contribution is -2.27. The molecule has 5 nitrogen and oxygen atoms in total. The van der Waals surface area contributed by atoms with E-state index in [1.165, 1.54) is 0 Å². The fraction of sp³-hybridized carbons (Fsp3) is 0.333. The fourth-order valence-electron chi connectivity index (χ4n) is 2.03. The summed E-state index contributed by atoms with van der Waals surface area (Å²) in [7, 11) is 3.96. The quantitative estimate of drug-likeness (QED) is 0.746.